The largest absolute Gasteiger partial charge is 0.316 e. The number of nitrogens with one attached hydrogen (secondary N) is 1. The number of aromatic nitrogens is 2. The Morgan fingerprint density at radius 1 is 1.24 bits per heavy atom. The van der Waals surface area contributed by atoms with Gasteiger partial charge in [-0.15, -0.1) is 0 Å². The Morgan fingerprint density at radius 3 is 2.90 bits per heavy atom. The summed E-state index contributed by atoms with van der Waals surface area (Å²) < 4.78 is 2.03. The van der Waals surface area contributed by atoms with Crippen LogP contribution in [0.2, 0.25) is 0 Å². The fourth-order valence-corrected chi connectivity index (χ4v) is 3.80. The van der Waals surface area contributed by atoms with E-state index >= 15 is 0 Å². The third-order valence-electron chi connectivity index (χ3n) is 4.94. The van der Waals surface area contributed by atoms with Gasteiger partial charge in [0.05, 0.1) is 11.2 Å². The van der Waals surface area contributed by atoms with Gasteiger partial charge >= 0.3 is 0 Å². The first-order valence-electron chi connectivity index (χ1n) is 8.41. The van der Waals surface area contributed by atoms with Gasteiger partial charge in [0.25, 0.3) is 0 Å². The highest BCUT2D eigenvalue weighted by Gasteiger charge is 2.28. The molecule has 3 rings (SSSR count). The van der Waals surface area contributed by atoms with Gasteiger partial charge < -0.3 is 5.32 Å². The molecule has 1 N–H and O–H groups in total. The topological polar surface area (TPSA) is 29.9 Å². The van der Waals surface area contributed by atoms with Gasteiger partial charge in [0, 0.05) is 12.4 Å². The Hall–Kier alpha value is -1.35. The van der Waals surface area contributed by atoms with Crippen molar-refractivity contribution in [1.82, 2.24) is 15.1 Å². The third-order valence-corrected chi connectivity index (χ3v) is 4.94. The molecular formula is C18H27N3. The SMILES string of the molecule is CCCNCC1CCCC1Cc1nn(C)c2ccccc12. The van der Waals surface area contributed by atoms with E-state index < -0.39 is 0 Å². The highest BCUT2D eigenvalue weighted by atomic mass is 15.3. The highest BCUT2D eigenvalue weighted by molar-refractivity contribution is 5.81. The first-order valence-corrected chi connectivity index (χ1v) is 8.41. The molecule has 114 valence electrons. The minimum atomic E-state index is 0.799. The molecule has 0 amide bonds. The van der Waals surface area contributed by atoms with Crippen molar-refractivity contribution in [3.63, 3.8) is 0 Å². The zero-order chi connectivity index (χ0) is 14.7. The molecule has 3 heteroatoms. The normalized spacial score (nSPS) is 22.2. The predicted octanol–water partition coefficient (Wildman–Crippen LogP) is 3.53. The maximum Gasteiger partial charge on any atom is 0.0706 e. The lowest BCUT2D eigenvalue weighted by Crippen LogP contribution is -2.26. The fraction of sp³-hybridized carbons (Fsp3) is 0.611. The molecule has 2 atom stereocenters. The minimum Gasteiger partial charge on any atom is -0.316 e. The van der Waals surface area contributed by atoms with Crippen LogP contribution in [0.4, 0.5) is 0 Å². The van der Waals surface area contributed by atoms with Crippen molar-refractivity contribution in [2.45, 2.75) is 39.0 Å². The van der Waals surface area contributed by atoms with E-state index in [4.69, 9.17) is 5.10 Å². The molecule has 2 aromatic rings. The Balaban J connectivity index is 1.72. The number of aryl methyl sites for hydroxylation is 1. The molecule has 1 aromatic heterocycles. The van der Waals surface area contributed by atoms with Gasteiger partial charge in [-0.25, -0.2) is 0 Å². The van der Waals surface area contributed by atoms with Crippen LogP contribution in [0.1, 0.15) is 38.3 Å². The van der Waals surface area contributed by atoms with Crippen LogP contribution in [0.3, 0.4) is 0 Å². The summed E-state index contributed by atoms with van der Waals surface area (Å²) in [6.07, 6.45) is 6.49. The number of benzene rings is 1. The summed E-state index contributed by atoms with van der Waals surface area (Å²) >= 11 is 0. The summed E-state index contributed by atoms with van der Waals surface area (Å²) in [7, 11) is 2.06. The van der Waals surface area contributed by atoms with Crippen molar-refractivity contribution in [3.05, 3.63) is 30.0 Å². The van der Waals surface area contributed by atoms with E-state index in [2.05, 4.69) is 43.6 Å². The second-order valence-corrected chi connectivity index (χ2v) is 6.45. The van der Waals surface area contributed by atoms with Gasteiger partial charge in [-0.3, -0.25) is 4.68 Å². The highest BCUT2D eigenvalue weighted by Crippen LogP contribution is 2.35. The summed E-state index contributed by atoms with van der Waals surface area (Å²) in [5.74, 6) is 1.63. The second-order valence-electron chi connectivity index (χ2n) is 6.45. The summed E-state index contributed by atoms with van der Waals surface area (Å²) in [5.41, 5.74) is 2.55. The summed E-state index contributed by atoms with van der Waals surface area (Å²) in [4.78, 5) is 0. The van der Waals surface area contributed by atoms with Crippen LogP contribution in [-0.2, 0) is 13.5 Å². The maximum absolute atomic E-state index is 4.78. The number of rotatable bonds is 6. The van der Waals surface area contributed by atoms with E-state index in [1.165, 1.54) is 48.8 Å². The van der Waals surface area contributed by atoms with E-state index in [0.29, 0.717) is 0 Å². The van der Waals surface area contributed by atoms with Crippen molar-refractivity contribution in [2.75, 3.05) is 13.1 Å². The molecule has 0 saturated heterocycles. The summed E-state index contributed by atoms with van der Waals surface area (Å²) in [6.45, 7) is 4.57. The van der Waals surface area contributed by atoms with Gasteiger partial charge in [0.15, 0.2) is 0 Å². The molecule has 1 heterocycles. The zero-order valence-corrected chi connectivity index (χ0v) is 13.3. The van der Waals surface area contributed by atoms with Gasteiger partial charge in [0.2, 0.25) is 0 Å². The molecule has 0 bridgehead atoms. The standard InChI is InChI=1S/C18H27N3/c1-3-11-19-13-15-8-6-7-14(15)12-17-16-9-4-5-10-18(16)21(2)20-17/h4-5,9-10,14-15,19H,3,6-8,11-13H2,1-2H3. The number of hydrogen-bond donors (Lipinski definition) is 1. The lowest BCUT2D eigenvalue weighted by molar-refractivity contribution is 0.363. The summed E-state index contributed by atoms with van der Waals surface area (Å²) in [6, 6.07) is 8.61. The molecule has 0 aliphatic heterocycles. The van der Waals surface area contributed by atoms with Crippen LogP contribution in [-0.4, -0.2) is 22.9 Å². The Kier molecular flexibility index (Phi) is 4.59. The van der Waals surface area contributed by atoms with Crippen molar-refractivity contribution in [3.8, 4) is 0 Å². The quantitative estimate of drug-likeness (QED) is 0.823. The van der Waals surface area contributed by atoms with Crippen LogP contribution in [0.5, 0.6) is 0 Å². The van der Waals surface area contributed by atoms with E-state index in [1.54, 1.807) is 0 Å². The van der Waals surface area contributed by atoms with Crippen LogP contribution in [0.15, 0.2) is 24.3 Å². The van der Waals surface area contributed by atoms with Crippen molar-refractivity contribution in [2.24, 2.45) is 18.9 Å². The molecule has 2 unspecified atom stereocenters. The monoisotopic (exact) mass is 285 g/mol. The van der Waals surface area contributed by atoms with Crippen LogP contribution in [0, 0.1) is 11.8 Å². The molecule has 1 fully saturated rings. The molecule has 21 heavy (non-hydrogen) atoms. The van der Waals surface area contributed by atoms with Crippen LogP contribution in [0.25, 0.3) is 10.9 Å². The number of hydrogen-bond acceptors (Lipinski definition) is 2. The van der Waals surface area contributed by atoms with Crippen LogP contribution >= 0.6 is 0 Å². The summed E-state index contributed by atoms with van der Waals surface area (Å²) in [5, 5.41) is 9.73. The lowest BCUT2D eigenvalue weighted by Gasteiger charge is -2.19. The first kappa shape index (κ1) is 14.6. The molecule has 1 saturated carbocycles. The maximum atomic E-state index is 4.78. The molecule has 0 radical (unpaired) electrons. The van der Waals surface area contributed by atoms with E-state index in [9.17, 15) is 0 Å². The molecule has 1 aromatic carbocycles. The van der Waals surface area contributed by atoms with Gasteiger partial charge in [-0.2, -0.15) is 5.10 Å². The molecule has 1 aliphatic rings. The molecule has 3 nitrogen and oxygen atoms in total. The molecular weight excluding hydrogens is 258 g/mol. The average molecular weight is 285 g/mol. The van der Waals surface area contributed by atoms with Crippen LogP contribution < -0.4 is 5.32 Å². The Labute approximate surface area is 127 Å². The fourth-order valence-electron chi connectivity index (χ4n) is 3.80. The number of fused-ring (bicyclic) bond motifs is 1. The van der Waals surface area contributed by atoms with Crippen molar-refractivity contribution in [1.29, 1.82) is 0 Å². The molecule has 0 spiro atoms. The molecule has 1 aliphatic carbocycles. The lowest BCUT2D eigenvalue weighted by atomic mass is 9.90. The number of para-hydroxylation sites is 1. The van der Waals surface area contributed by atoms with E-state index in [1.807, 2.05) is 4.68 Å². The zero-order valence-electron chi connectivity index (χ0n) is 13.3. The Bertz CT molecular complexity index is 587. The first-order chi connectivity index (χ1) is 10.3. The van der Waals surface area contributed by atoms with Gasteiger partial charge in [0.1, 0.15) is 0 Å². The predicted molar refractivity (Wildman–Crippen MR) is 88.4 cm³/mol. The van der Waals surface area contributed by atoms with Gasteiger partial charge in [-0.1, -0.05) is 31.5 Å². The Morgan fingerprint density at radius 2 is 2.05 bits per heavy atom. The number of nitrogens with zero attached hydrogens (tertiary/aromatic N) is 2. The van der Waals surface area contributed by atoms with Crippen molar-refractivity contribution >= 4 is 10.9 Å². The smallest absolute Gasteiger partial charge is 0.0706 e. The van der Waals surface area contributed by atoms with E-state index in [0.717, 1.165) is 24.8 Å². The third kappa shape index (κ3) is 3.13. The van der Waals surface area contributed by atoms with E-state index in [-0.39, 0.29) is 0 Å². The average Bonchev–Trinajstić information content (AvgIpc) is 3.06. The van der Waals surface area contributed by atoms with Gasteiger partial charge in [-0.05, 0) is 56.7 Å². The van der Waals surface area contributed by atoms with Crippen molar-refractivity contribution < 1.29 is 0 Å². The second kappa shape index (κ2) is 6.61. The minimum absolute atomic E-state index is 0.799.